The fraction of sp³-hybridized carbons (Fsp3) is 0.263. The van der Waals surface area contributed by atoms with E-state index in [1.807, 2.05) is 4.90 Å². The van der Waals surface area contributed by atoms with Gasteiger partial charge in [0.05, 0.1) is 0 Å². The van der Waals surface area contributed by atoms with Crippen molar-refractivity contribution in [2.45, 2.75) is 6.18 Å². The van der Waals surface area contributed by atoms with E-state index in [4.69, 9.17) is 0 Å². The molecule has 0 bridgehead atoms. The molecule has 0 N–H and O–H groups in total. The lowest BCUT2D eigenvalue weighted by molar-refractivity contribution is -0.141. The van der Waals surface area contributed by atoms with E-state index in [1.165, 1.54) is 4.90 Å². The lowest BCUT2D eigenvalue weighted by atomic mass is 10.2. The number of carbonyl (C=O) groups excluding carboxylic acids is 1. The number of thiazole rings is 1. The smallest absolute Gasteiger partial charge is 0.337 e. The average Bonchev–Trinajstić information content (AvgIpc) is 3.21. The summed E-state index contributed by atoms with van der Waals surface area (Å²) in [7, 11) is 0. The summed E-state index contributed by atoms with van der Waals surface area (Å²) in [6.45, 7) is 1.46. The monoisotopic (exact) mass is 419 g/mol. The number of aromatic nitrogens is 3. The molecule has 6 nitrogen and oxygen atoms in total. The molecule has 1 aromatic carbocycles. The number of amides is 1. The van der Waals surface area contributed by atoms with E-state index in [9.17, 15) is 18.0 Å². The SMILES string of the molecule is O=C(c1sc(-c2ccccc2)nc1C(F)(F)F)N1CCN(c2ncccn2)CC1. The number of rotatable bonds is 3. The predicted octanol–water partition coefficient (Wildman–Crippen LogP) is 3.58. The second-order valence-electron chi connectivity index (χ2n) is 6.39. The zero-order valence-corrected chi connectivity index (χ0v) is 16.0. The number of anilines is 1. The van der Waals surface area contributed by atoms with E-state index in [0.29, 0.717) is 24.6 Å². The lowest BCUT2D eigenvalue weighted by Crippen LogP contribution is -2.49. The molecule has 1 aliphatic heterocycles. The highest BCUT2D eigenvalue weighted by atomic mass is 32.1. The van der Waals surface area contributed by atoms with Gasteiger partial charge in [0.2, 0.25) is 5.95 Å². The third kappa shape index (κ3) is 4.07. The summed E-state index contributed by atoms with van der Waals surface area (Å²) in [6.07, 6.45) is -1.45. The van der Waals surface area contributed by atoms with Crippen LogP contribution in [-0.2, 0) is 6.18 Å². The van der Waals surface area contributed by atoms with Crippen molar-refractivity contribution in [1.82, 2.24) is 19.9 Å². The van der Waals surface area contributed by atoms with Gasteiger partial charge >= 0.3 is 6.18 Å². The van der Waals surface area contributed by atoms with Gasteiger partial charge in [0.1, 0.15) is 9.88 Å². The summed E-state index contributed by atoms with van der Waals surface area (Å²) in [6, 6.07) is 10.3. The van der Waals surface area contributed by atoms with E-state index in [0.717, 1.165) is 11.3 Å². The summed E-state index contributed by atoms with van der Waals surface area (Å²) in [5, 5.41) is 0.178. The first-order chi connectivity index (χ1) is 13.9. The second kappa shape index (κ2) is 7.78. The largest absolute Gasteiger partial charge is 0.435 e. The number of nitrogens with zero attached hydrogens (tertiary/aromatic N) is 5. The van der Waals surface area contributed by atoms with Crippen LogP contribution in [0.5, 0.6) is 0 Å². The van der Waals surface area contributed by atoms with Gasteiger partial charge in [0.15, 0.2) is 5.69 Å². The Kier molecular flexibility index (Phi) is 5.18. The van der Waals surface area contributed by atoms with Crippen LogP contribution in [0.2, 0.25) is 0 Å². The first kappa shape index (κ1) is 19.3. The Morgan fingerprint density at radius 3 is 2.24 bits per heavy atom. The van der Waals surface area contributed by atoms with Crippen LogP contribution in [-0.4, -0.2) is 51.9 Å². The average molecular weight is 419 g/mol. The van der Waals surface area contributed by atoms with Crippen LogP contribution in [0, 0.1) is 0 Å². The third-order valence-corrected chi connectivity index (χ3v) is 5.60. The van der Waals surface area contributed by atoms with Gasteiger partial charge in [-0.2, -0.15) is 13.2 Å². The molecule has 0 radical (unpaired) electrons. The minimum Gasteiger partial charge on any atom is -0.337 e. The van der Waals surface area contributed by atoms with Crippen LogP contribution in [0.3, 0.4) is 0 Å². The van der Waals surface area contributed by atoms with Gasteiger partial charge in [-0.15, -0.1) is 11.3 Å². The van der Waals surface area contributed by atoms with Gasteiger partial charge in [0, 0.05) is 44.1 Å². The molecule has 0 unspecified atom stereocenters. The zero-order chi connectivity index (χ0) is 20.4. The Balaban J connectivity index is 1.56. The van der Waals surface area contributed by atoms with Crippen LogP contribution in [0.15, 0.2) is 48.8 Å². The van der Waals surface area contributed by atoms with Crippen molar-refractivity contribution in [3.8, 4) is 10.6 Å². The van der Waals surface area contributed by atoms with Crippen molar-refractivity contribution < 1.29 is 18.0 Å². The Morgan fingerprint density at radius 2 is 1.62 bits per heavy atom. The summed E-state index contributed by atoms with van der Waals surface area (Å²) < 4.78 is 40.6. The number of alkyl halides is 3. The maximum atomic E-state index is 13.5. The van der Waals surface area contributed by atoms with E-state index in [2.05, 4.69) is 15.0 Å². The van der Waals surface area contributed by atoms with Gasteiger partial charge in [-0.05, 0) is 6.07 Å². The van der Waals surface area contributed by atoms with Crippen molar-refractivity contribution in [3.05, 3.63) is 59.4 Å². The van der Waals surface area contributed by atoms with E-state index in [-0.39, 0.29) is 23.0 Å². The van der Waals surface area contributed by atoms with Crippen molar-refractivity contribution in [3.63, 3.8) is 0 Å². The Hall–Kier alpha value is -3.01. The number of hydrogen-bond donors (Lipinski definition) is 0. The van der Waals surface area contributed by atoms with Crippen LogP contribution < -0.4 is 4.90 Å². The van der Waals surface area contributed by atoms with Gasteiger partial charge in [-0.1, -0.05) is 30.3 Å². The van der Waals surface area contributed by atoms with Crippen LogP contribution in [0.4, 0.5) is 19.1 Å². The Morgan fingerprint density at radius 1 is 0.966 bits per heavy atom. The third-order valence-electron chi connectivity index (χ3n) is 4.51. The fourth-order valence-electron chi connectivity index (χ4n) is 3.07. The molecule has 1 amide bonds. The fourth-order valence-corrected chi connectivity index (χ4v) is 4.13. The van der Waals surface area contributed by atoms with Crippen LogP contribution >= 0.6 is 11.3 Å². The summed E-state index contributed by atoms with van der Waals surface area (Å²) >= 11 is 0.778. The molecular weight excluding hydrogens is 403 g/mol. The summed E-state index contributed by atoms with van der Waals surface area (Å²) in [5.41, 5.74) is -0.576. The molecule has 2 aromatic heterocycles. The van der Waals surface area contributed by atoms with Crippen molar-refractivity contribution in [2.75, 3.05) is 31.1 Å². The second-order valence-corrected chi connectivity index (χ2v) is 7.39. The normalized spacial score (nSPS) is 14.9. The highest BCUT2D eigenvalue weighted by Crippen LogP contribution is 2.38. The van der Waals surface area contributed by atoms with Gasteiger partial charge in [-0.3, -0.25) is 4.79 Å². The Labute approximate surface area is 168 Å². The topological polar surface area (TPSA) is 62.2 Å². The molecule has 1 saturated heterocycles. The molecule has 29 heavy (non-hydrogen) atoms. The molecule has 0 saturated carbocycles. The molecule has 4 rings (SSSR count). The standard InChI is InChI=1S/C19H16F3N5OS/c20-19(21,22)15-14(29-16(25-15)13-5-2-1-3-6-13)17(28)26-9-11-27(12-10-26)18-23-7-4-8-24-18/h1-8H,9-12H2. The van der Waals surface area contributed by atoms with Crippen LogP contribution in [0.1, 0.15) is 15.4 Å². The zero-order valence-electron chi connectivity index (χ0n) is 15.1. The number of halogens is 3. The molecule has 0 spiro atoms. The minimum atomic E-state index is -4.70. The molecule has 3 heterocycles. The lowest BCUT2D eigenvalue weighted by Gasteiger charge is -2.34. The predicted molar refractivity (Wildman–Crippen MR) is 103 cm³/mol. The van der Waals surface area contributed by atoms with E-state index >= 15 is 0 Å². The van der Waals surface area contributed by atoms with E-state index < -0.39 is 17.8 Å². The molecule has 0 atom stereocenters. The minimum absolute atomic E-state index is 0.178. The summed E-state index contributed by atoms with van der Waals surface area (Å²) in [4.78, 5) is 27.9. The number of piperazine rings is 1. The van der Waals surface area contributed by atoms with Crippen molar-refractivity contribution in [2.24, 2.45) is 0 Å². The highest BCUT2D eigenvalue weighted by molar-refractivity contribution is 7.17. The van der Waals surface area contributed by atoms with E-state index in [1.54, 1.807) is 48.8 Å². The number of benzene rings is 1. The molecule has 150 valence electrons. The summed E-state index contributed by atoms with van der Waals surface area (Å²) in [5.74, 6) is -0.106. The maximum absolute atomic E-state index is 13.5. The van der Waals surface area contributed by atoms with Gasteiger partial charge in [0.25, 0.3) is 5.91 Å². The number of hydrogen-bond acceptors (Lipinski definition) is 6. The molecule has 1 fully saturated rings. The van der Waals surface area contributed by atoms with Crippen molar-refractivity contribution >= 4 is 23.2 Å². The van der Waals surface area contributed by atoms with Crippen LogP contribution in [0.25, 0.3) is 10.6 Å². The first-order valence-electron chi connectivity index (χ1n) is 8.88. The highest BCUT2D eigenvalue weighted by Gasteiger charge is 2.41. The molecular formula is C19H16F3N5OS. The molecule has 1 aliphatic rings. The first-order valence-corrected chi connectivity index (χ1v) is 9.70. The Bertz CT molecular complexity index is 986. The number of carbonyl (C=O) groups is 1. The molecule has 0 aliphatic carbocycles. The quantitative estimate of drug-likeness (QED) is 0.650. The van der Waals surface area contributed by atoms with Crippen molar-refractivity contribution in [1.29, 1.82) is 0 Å². The maximum Gasteiger partial charge on any atom is 0.435 e. The van der Waals surface area contributed by atoms with Gasteiger partial charge < -0.3 is 9.80 Å². The molecule has 10 heteroatoms. The molecule has 3 aromatic rings. The van der Waals surface area contributed by atoms with Gasteiger partial charge in [-0.25, -0.2) is 15.0 Å².